The Bertz CT molecular complexity index is 2480. The molecule has 8 rings (SSSR count). The van der Waals surface area contributed by atoms with Crippen molar-refractivity contribution in [2.45, 2.75) is 137 Å². The molecule has 3 saturated heterocycles. The molecule has 68 heavy (non-hydrogen) atoms. The number of aliphatic hydroxyl groups excluding tert-OH is 2. The minimum absolute atomic E-state index is 0.0455. The first-order valence-corrected chi connectivity index (χ1v) is 25.4. The van der Waals surface area contributed by atoms with E-state index in [2.05, 4.69) is 110 Å². The topological polar surface area (TPSA) is 169 Å². The van der Waals surface area contributed by atoms with Gasteiger partial charge in [-0.3, -0.25) is 14.5 Å². The van der Waals surface area contributed by atoms with E-state index in [9.17, 15) is 19.8 Å². The number of nitrogens with one attached hydrogen (secondary N) is 2. The molecule has 14 heteroatoms. The maximum Gasteiger partial charge on any atom is 0.309 e. The van der Waals surface area contributed by atoms with Gasteiger partial charge in [-0.2, -0.15) is 0 Å². The predicted octanol–water partition coefficient (Wildman–Crippen LogP) is 9.41. The lowest BCUT2D eigenvalue weighted by atomic mass is 9.73. The van der Waals surface area contributed by atoms with E-state index in [1.807, 2.05) is 38.3 Å². The molecule has 2 aromatic carbocycles. The monoisotopic (exact) mass is 948 g/mol. The fraction of sp³-hybridized carbons (Fsp3) is 0.537. The number of hydrogen-bond acceptors (Lipinski definition) is 13. The Balaban J connectivity index is 0.000000201. The third-order valence-electron chi connectivity index (χ3n) is 14.6. The van der Waals surface area contributed by atoms with Crippen molar-refractivity contribution in [1.82, 2.24) is 29.7 Å². The number of epoxide rings is 1. The number of aliphatic hydroxyl groups is 2. The van der Waals surface area contributed by atoms with Gasteiger partial charge in [0.1, 0.15) is 29.7 Å². The predicted molar refractivity (Wildman–Crippen MR) is 271 cm³/mol. The number of cyclic esters (lactones) is 1. The molecule has 0 bridgehead atoms. The number of esters is 1. The molecule has 0 amide bonds. The number of hydrogen-bond donors (Lipinski definition) is 4. The van der Waals surface area contributed by atoms with Crippen molar-refractivity contribution in [3.05, 3.63) is 99.8 Å². The molecule has 366 valence electrons. The molecule has 4 N–H and O–H groups in total. The first-order valence-electron chi connectivity index (χ1n) is 24.5. The van der Waals surface area contributed by atoms with Crippen molar-refractivity contribution in [1.29, 1.82) is 0 Å². The molecule has 1 unspecified atom stereocenters. The number of aromatic nitrogens is 4. The molecule has 3 fully saturated rings. The third kappa shape index (κ3) is 12.7. The van der Waals surface area contributed by atoms with Crippen molar-refractivity contribution >= 4 is 46.0 Å². The Labute approximate surface area is 406 Å². The fourth-order valence-corrected chi connectivity index (χ4v) is 10.2. The molecule has 5 aromatic rings. The number of rotatable bonds is 9. The average molecular weight is 948 g/mol. The SMILES string of the molecule is C/C(=C\c1csc(C)n1)[C@@H]1C[C@@H]2O[C@]2(C)CCC[C@H](C)[C@H](O)[C@@H](C)C(=O)C(C)(C)[C@@H](O)CC(=O)O1.CCN1CCN(Cc2ccc(-c3cc4c(NC(C)c5ccccc5)ncnc4[nH]3)cc2)CC1. The highest BCUT2D eigenvalue weighted by atomic mass is 32.1. The van der Waals surface area contributed by atoms with Crippen LogP contribution < -0.4 is 5.32 Å². The van der Waals surface area contributed by atoms with Crippen LogP contribution in [0.1, 0.15) is 115 Å². The van der Waals surface area contributed by atoms with E-state index in [4.69, 9.17) is 9.47 Å². The largest absolute Gasteiger partial charge is 0.458 e. The second-order valence-electron chi connectivity index (χ2n) is 20.1. The fourth-order valence-electron chi connectivity index (χ4n) is 9.62. The zero-order chi connectivity index (χ0) is 48.8. The number of ether oxygens (including phenoxy) is 2. The van der Waals surface area contributed by atoms with E-state index in [0.717, 1.165) is 89.8 Å². The van der Waals surface area contributed by atoms with E-state index in [-0.39, 0.29) is 35.9 Å². The summed E-state index contributed by atoms with van der Waals surface area (Å²) >= 11 is 1.56. The van der Waals surface area contributed by atoms with E-state index < -0.39 is 35.6 Å². The number of H-pyrrole nitrogens is 1. The maximum absolute atomic E-state index is 13.2. The molecule has 3 aliphatic rings. The number of benzene rings is 2. The van der Waals surface area contributed by atoms with Gasteiger partial charge in [0, 0.05) is 62.2 Å². The molecule has 3 aromatic heterocycles. The van der Waals surface area contributed by atoms with E-state index in [1.165, 1.54) is 24.2 Å². The van der Waals surface area contributed by atoms with Crippen LogP contribution in [-0.2, 0) is 25.6 Å². The van der Waals surface area contributed by atoms with Crippen LogP contribution in [-0.4, -0.2) is 114 Å². The molecule has 6 heterocycles. The molecular weight excluding hydrogens is 875 g/mol. The number of anilines is 1. The number of aryl methyl sites for hydroxylation is 1. The van der Waals surface area contributed by atoms with Crippen LogP contribution in [0.25, 0.3) is 28.4 Å². The molecule has 8 atom stereocenters. The maximum atomic E-state index is 13.2. The Hall–Kier alpha value is -4.83. The standard InChI is InChI=1S/C27H32N6.C27H41NO6S/c1-3-32-13-15-33(16-14-32)18-21-9-11-23(12-10-21)25-17-24-26(28-19-29-27(24)31-25)30-20(2)22-7-5-4-6-8-22;1-15-9-8-10-27(7)22(34-27)12-20(16(2)11-19-14-35-18(4)28-19)33-23(30)13-21(29)26(5,6)25(32)17(3)24(15)31/h4-12,17,19-20H,3,13-16,18H2,1-2H3,(H2,28,29,30,31);11,14-15,17,20-22,24,29,31H,8-10,12-13H2,1-7H3/b;16-11+/t;15-,17+,20-,21-,22-,24-,27+/m.0/s1. The summed E-state index contributed by atoms with van der Waals surface area (Å²) in [4.78, 5) is 48.1. The van der Waals surface area contributed by atoms with Crippen molar-refractivity contribution in [2.24, 2.45) is 17.3 Å². The molecule has 0 saturated carbocycles. The van der Waals surface area contributed by atoms with Crippen LogP contribution in [0.3, 0.4) is 0 Å². The minimum Gasteiger partial charge on any atom is -0.458 e. The third-order valence-corrected chi connectivity index (χ3v) is 15.4. The van der Waals surface area contributed by atoms with Crippen LogP contribution in [0.5, 0.6) is 0 Å². The Morgan fingerprint density at radius 1 is 1.01 bits per heavy atom. The molecule has 0 aliphatic carbocycles. The summed E-state index contributed by atoms with van der Waals surface area (Å²) in [6.07, 6.45) is 3.60. The van der Waals surface area contributed by atoms with Crippen LogP contribution in [0, 0.1) is 24.2 Å². The number of likely N-dealkylation sites (N-methyl/N-ethyl adjacent to an activating group) is 1. The second kappa shape index (κ2) is 22.3. The van der Waals surface area contributed by atoms with Crippen molar-refractivity contribution < 1.29 is 29.3 Å². The highest BCUT2D eigenvalue weighted by Gasteiger charge is 2.53. The number of thiazole rings is 1. The van der Waals surface area contributed by atoms with Crippen molar-refractivity contribution in [2.75, 3.05) is 38.0 Å². The van der Waals surface area contributed by atoms with E-state index in [0.29, 0.717) is 6.42 Å². The van der Waals surface area contributed by atoms with Gasteiger partial charge in [0.25, 0.3) is 0 Å². The summed E-state index contributed by atoms with van der Waals surface area (Å²) in [6.45, 7) is 24.0. The number of piperazine rings is 1. The van der Waals surface area contributed by atoms with Crippen LogP contribution in [0.15, 0.2) is 77.9 Å². The van der Waals surface area contributed by atoms with Crippen molar-refractivity contribution in [3.63, 3.8) is 0 Å². The summed E-state index contributed by atoms with van der Waals surface area (Å²) in [6, 6.07) is 21.6. The normalized spacial score (nSPS) is 27.1. The van der Waals surface area contributed by atoms with Gasteiger partial charge in [-0.1, -0.05) is 95.6 Å². The summed E-state index contributed by atoms with van der Waals surface area (Å²) in [7, 11) is 0. The van der Waals surface area contributed by atoms with Gasteiger partial charge >= 0.3 is 5.97 Å². The van der Waals surface area contributed by atoms with Crippen LogP contribution in [0.2, 0.25) is 0 Å². The Kier molecular flexibility index (Phi) is 16.7. The number of nitrogens with zero attached hydrogens (tertiary/aromatic N) is 5. The summed E-state index contributed by atoms with van der Waals surface area (Å²) < 4.78 is 11.9. The molecule has 3 aliphatic heterocycles. The molecule has 0 radical (unpaired) electrons. The number of aromatic amines is 1. The molecule has 0 spiro atoms. The zero-order valence-corrected chi connectivity index (χ0v) is 42.3. The second-order valence-corrected chi connectivity index (χ2v) is 21.2. The van der Waals surface area contributed by atoms with Crippen LogP contribution >= 0.6 is 11.3 Å². The number of Topliss-reactive ketones (excluding diaryl/α,β-unsaturated/α-hetero) is 1. The lowest BCUT2D eigenvalue weighted by molar-refractivity contribution is -0.154. The average Bonchev–Trinajstić information content (AvgIpc) is 3.58. The summed E-state index contributed by atoms with van der Waals surface area (Å²) in [5, 5.41) is 29.2. The quantitative estimate of drug-likeness (QED) is 0.0817. The van der Waals surface area contributed by atoms with Crippen molar-refractivity contribution in [3.8, 4) is 11.3 Å². The Morgan fingerprint density at radius 3 is 2.40 bits per heavy atom. The minimum atomic E-state index is -1.23. The van der Waals surface area contributed by atoms with Gasteiger partial charge in [-0.25, -0.2) is 15.0 Å². The number of ketones is 1. The van der Waals surface area contributed by atoms with Gasteiger partial charge in [0.2, 0.25) is 0 Å². The van der Waals surface area contributed by atoms with E-state index >= 15 is 0 Å². The number of carbonyl (C=O) groups is 2. The number of fused-ring (bicyclic) bond motifs is 2. The first kappa shape index (κ1) is 51.0. The van der Waals surface area contributed by atoms with Crippen LogP contribution in [0.4, 0.5) is 5.82 Å². The van der Waals surface area contributed by atoms with Gasteiger partial charge < -0.3 is 34.9 Å². The van der Waals surface area contributed by atoms with Gasteiger partial charge in [0.15, 0.2) is 0 Å². The number of carbonyl (C=O) groups excluding carboxylic acids is 2. The zero-order valence-electron chi connectivity index (χ0n) is 41.5. The smallest absolute Gasteiger partial charge is 0.309 e. The lowest BCUT2D eigenvalue weighted by Gasteiger charge is -2.34. The summed E-state index contributed by atoms with van der Waals surface area (Å²) in [5.41, 5.74) is 5.84. The van der Waals surface area contributed by atoms with Gasteiger partial charge in [0.05, 0.1) is 51.8 Å². The van der Waals surface area contributed by atoms with E-state index in [1.54, 1.807) is 38.4 Å². The van der Waals surface area contributed by atoms with Gasteiger partial charge in [-0.05, 0) is 87.4 Å². The Morgan fingerprint density at radius 2 is 1.72 bits per heavy atom. The molecule has 13 nitrogen and oxygen atoms in total. The summed E-state index contributed by atoms with van der Waals surface area (Å²) in [5.74, 6) is -0.699. The molecular formula is C54H73N7O6S. The van der Waals surface area contributed by atoms with Gasteiger partial charge in [-0.15, -0.1) is 11.3 Å². The highest BCUT2D eigenvalue weighted by Crippen LogP contribution is 2.45. The first-order chi connectivity index (χ1) is 32.4. The lowest BCUT2D eigenvalue weighted by Crippen LogP contribution is -2.45. The highest BCUT2D eigenvalue weighted by molar-refractivity contribution is 7.09.